The molecule has 0 aliphatic heterocycles. The number of esters is 1. The third-order valence-electron chi connectivity index (χ3n) is 3.42. The van der Waals surface area contributed by atoms with Crippen molar-refractivity contribution in [2.45, 2.75) is 39.0 Å². The molecule has 0 aromatic heterocycles. The van der Waals surface area contributed by atoms with Crippen LogP contribution in [-0.2, 0) is 33.2 Å². The minimum atomic E-state index is -0.237. The average molecular weight is 413 g/mol. The van der Waals surface area contributed by atoms with E-state index in [1.165, 1.54) is 12.8 Å². The Hall–Kier alpha value is -0.440. The summed E-state index contributed by atoms with van der Waals surface area (Å²) in [6, 6.07) is 0. The molecular weight excluding hydrogens is 376 g/mol. The van der Waals surface area contributed by atoms with Gasteiger partial charge < -0.3 is 28.4 Å². The van der Waals surface area contributed by atoms with Gasteiger partial charge in [-0.25, -0.2) is 0 Å². The van der Waals surface area contributed by atoms with E-state index in [9.17, 15) is 4.79 Å². The predicted octanol–water partition coefficient (Wildman–Crippen LogP) is 2.82. The van der Waals surface area contributed by atoms with Gasteiger partial charge in [-0.1, -0.05) is 12.8 Å². The number of carbonyl (C=O) groups excluding carboxylic acids is 1. The van der Waals surface area contributed by atoms with E-state index in [-0.39, 0.29) is 12.4 Å². The summed E-state index contributed by atoms with van der Waals surface area (Å²) >= 11 is 5.62. The van der Waals surface area contributed by atoms with Crippen LogP contribution in [0.15, 0.2) is 0 Å². The molecule has 0 unspecified atom stereocenters. The first-order valence-corrected chi connectivity index (χ1v) is 10.4. The predicted molar refractivity (Wildman–Crippen MR) is 105 cm³/mol. The molecule has 8 heteroatoms. The topological polar surface area (TPSA) is 72.5 Å². The Balaban J connectivity index is 3.02. The van der Waals surface area contributed by atoms with Crippen molar-refractivity contribution >= 4 is 17.6 Å². The number of hydrogen-bond acceptors (Lipinski definition) is 7. The molecule has 27 heavy (non-hydrogen) atoms. The van der Waals surface area contributed by atoms with E-state index in [1.807, 2.05) is 0 Å². The molecule has 0 atom stereocenters. The lowest BCUT2D eigenvalue weighted by atomic mass is 10.2. The summed E-state index contributed by atoms with van der Waals surface area (Å²) in [6.45, 7) is 7.58. The molecule has 7 nitrogen and oxygen atoms in total. The number of ether oxygens (including phenoxy) is 6. The van der Waals surface area contributed by atoms with E-state index in [4.69, 9.17) is 40.0 Å². The zero-order valence-electron chi connectivity index (χ0n) is 16.8. The van der Waals surface area contributed by atoms with E-state index in [0.29, 0.717) is 66.1 Å². The van der Waals surface area contributed by atoms with Crippen LogP contribution in [-0.4, -0.2) is 84.5 Å². The number of unbranched alkanes of at least 4 members (excludes halogenated alkanes) is 3. The molecular formula is C19H37ClO7. The second-order valence-corrected chi connectivity index (χ2v) is 6.10. The van der Waals surface area contributed by atoms with Crippen LogP contribution in [0.2, 0.25) is 0 Å². The van der Waals surface area contributed by atoms with E-state index in [0.717, 1.165) is 25.3 Å². The Bertz CT molecular complexity index is 306. The second kappa shape index (κ2) is 23.6. The first kappa shape index (κ1) is 26.6. The van der Waals surface area contributed by atoms with E-state index >= 15 is 0 Å². The van der Waals surface area contributed by atoms with Crippen LogP contribution in [0.5, 0.6) is 0 Å². The Morgan fingerprint density at radius 3 is 1.56 bits per heavy atom. The van der Waals surface area contributed by atoms with Gasteiger partial charge in [-0.2, -0.15) is 0 Å². The maximum absolute atomic E-state index is 11.1. The van der Waals surface area contributed by atoms with Crippen LogP contribution in [0.1, 0.15) is 39.0 Å². The van der Waals surface area contributed by atoms with Crippen molar-refractivity contribution in [2.75, 3.05) is 78.6 Å². The fraction of sp³-hybridized carbons (Fsp3) is 0.947. The minimum absolute atomic E-state index is 0.237. The molecule has 0 N–H and O–H groups in total. The Kier molecular flexibility index (Phi) is 23.2. The standard InChI is InChI=1S/C19H37ClO7/c1-2-27-19(21)7-10-23-12-14-25-16-18-26-17-15-24-13-11-22-9-6-4-3-5-8-20/h2-18H2,1H3. The Morgan fingerprint density at radius 1 is 0.630 bits per heavy atom. The van der Waals surface area contributed by atoms with Crippen molar-refractivity contribution in [2.24, 2.45) is 0 Å². The molecule has 0 spiro atoms. The summed E-state index contributed by atoms with van der Waals surface area (Å²) in [7, 11) is 0. The molecule has 0 radical (unpaired) electrons. The highest BCUT2D eigenvalue weighted by Crippen LogP contribution is 2.01. The number of halogens is 1. The number of alkyl halides is 1. The number of rotatable bonds is 22. The highest BCUT2D eigenvalue weighted by Gasteiger charge is 2.00. The van der Waals surface area contributed by atoms with Gasteiger partial charge in [0.15, 0.2) is 0 Å². The SMILES string of the molecule is CCOC(=O)CCOCCOCCOCCOCCOCCCCCCCl. The second-order valence-electron chi connectivity index (χ2n) is 5.72. The fourth-order valence-electron chi connectivity index (χ4n) is 2.02. The molecule has 0 saturated heterocycles. The lowest BCUT2D eigenvalue weighted by Crippen LogP contribution is -2.14. The third kappa shape index (κ3) is 23.5. The molecule has 0 aromatic rings. The molecule has 0 rings (SSSR count). The highest BCUT2D eigenvalue weighted by molar-refractivity contribution is 6.17. The van der Waals surface area contributed by atoms with E-state index in [1.54, 1.807) is 6.92 Å². The lowest BCUT2D eigenvalue weighted by Gasteiger charge is -2.08. The quantitative estimate of drug-likeness (QED) is 0.154. The summed E-state index contributed by atoms with van der Waals surface area (Å²) in [5.41, 5.74) is 0. The van der Waals surface area contributed by atoms with Gasteiger partial charge in [-0.15, -0.1) is 11.6 Å². The van der Waals surface area contributed by atoms with Gasteiger partial charge in [-0.05, 0) is 19.8 Å². The summed E-state index contributed by atoms with van der Waals surface area (Å²) in [6.07, 6.45) is 4.78. The molecule has 0 saturated carbocycles. The third-order valence-corrected chi connectivity index (χ3v) is 3.68. The number of carbonyl (C=O) groups is 1. The maximum atomic E-state index is 11.1. The summed E-state index contributed by atoms with van der Waals surface area (Å²) in [5.74, 6) is 0.509. The molecule has 0 aromatic carbocycles. The first-order chi connectivity index (χ1) is 13.3. The van der Waals surface area contributed by atoms with Gasteiger partial charge in [0.25, 0.3) is 0 Å². The molecule has 0 amide bonds. The van der Waals surface area contributed by atoms with E-state index in [2.05, 4.69) is 0 Å². The van der Waals surface area contributed by atoms with Gasteiger partial charge in [0.05, 0.1) is 72.5 Å². The average Bonchev–Trinajstić information content (AvgIpc) is 2.66. The monoisotopic (exact) mass is 412 g/mol. The van der Waals surface area contributed by atoms with Crippen LogP contribution in [0.4, 0.5) is 0 Å². The van der Waals surface area contributed by atoms with Gasteiger partial charge >= 0.3 is 5.97 Å². The molecule has 0 aliphatic rings. The van der Waals surface area contributed by atoms with Gasteiger partial charge in [0, 0.05) is 12.5 Å². The normalized spacial score (nSPS) is 11.0. The van der Waals surface area contributed by atoms with Gasteiger partial charge in [0.1, 0.15) is 0 Å². The Morgan fingerprint density at radius 2 is 1.07 bits per heavy atom. The van der Waals surface area contributed by atoms with Crippen molar-refractivity contribution in [3.05, 3.63) is 0 Å². The van der Waals surface area contributed by atoms with Crippen LogP contribution in [0.3, 0.4) is 0 Å². The summed E-state index contributed by atoms with van der Waals surface area (Å²) in [4.78, 5) is 11.1. The molecule has 0 heterocycles. The van der Waals surface area contributed by atoms with Crippen LogP contribution < -0.4 is 0 Å². The van der Waals surface area contributed by atoms with Crippen LogP contribution >= 0.6 is 11.6 Å². The zero-order chi connectivity index (χ0) is 19.8. The highest BCUT2D eigenvalue weighted by atomic mass is 35.5. The van der Waals surface area contributed by atoms with E-state index < -0.39 is 0 Å². The maximum Gasteiger partial charge on any atom is 0.308 e. The fourth-order valence-corrected chi connectivity index (χ4v) is 2.21. The van der Waals surface area contributed by atoms with Crippen LogP contribution in [0, 0.1) is 0 Å². The summed E-state index contributed by atoms with van der Waals surface area (Å²) in [5, 5.41) is 0. The zero-order valence-corrected chi connectivity index (χ0v) is 17.5. The smallest absolute Gasteiger partial charge is 0.308 e. The van der Waals surface area contributed by atoms with Gasteiger partial charge in [0.2, 0.25) is 0 Å². The Labute approximate surface area is 168 Å². The summed E-state index contributed by atoms with van der Waals surface area (Å²) < 4.78 is 31.7. The van der Waals surface area contributed by atoms with Crippen molar-refractivity contribution in [1.82, 2.24) is 0 Å². The number of hydrogen-bond donors (Lipinski definition) is 0. The molecule has 162 valence electrons. The van der Waals surface area contributed by atoms with Crippen molar-refractivity contribution < 1.29 is 33.2 Å². The lowest BCUT2D eigenvalue weighted by molar-refractivity contribution is -0.144. The molecule has 0 bridgehead atoms. The molecule has 0 fully saturated rings. The van der Waals surface area contributed by atoms with Crippen LogP contribution in [0.25, 0.3) is 0 Å². The first-order valence-electron chi connectivity index (χ1n) is 9.91. The minimum Gasteiger partial charge on any atom is -0.466 e. The largest absolute Gasteiger partial charge is 0.466 e. The van der Waals surface area contributed by atoms with Crippen molar-refractivity contribution in [3.8, 4) is 0 Å². The van der Waals surface area contributed by atoms with Crippen molar-refractivity contribution in [1.29, 1.82) is 0 Å². The molecule has 0 aliphatic carbocycles. The van der Waals surface area contributed by atoms with Crippen molar-refractivity contribution in [3.63, 3.8) is 0 Å². The van der Waals surface area contributed by atoms with Gasteiger partial charge in [-0.3, -0.25) is 4.79 Å².